The molecule has 0 amide bonds. The van der Waals surface area contributed by atoms with E-state index in [0.717, 1.165) is 183 Å². The van der Waals surface area contributed by atoms with Gasteiger partial charge in [-0.1, -0.05) is 165 Å². The van der Waals surface area contributed by atoms with Crippen molar-refractivity contribution in [1.29, 1.82) is 0 Å². The SMILES string of the molecule is Cc1cc[n+](C)c(-c2c(C)ccc3c2oc2oc4ccccc4c23)n1.Cc1ccc2c(oc3oc4ccccc4c32)c1-c1cncc[n+]1C.Cc1ccc2c(oc3oc4ccccc4c32)c1-c1nc(-c2ccccc2)cc[n+]1C.[2H]C([2H])([2H])C([2H])(C)c1cc[n+](C)c(-c2c(C)ccc3c2oc2oc4ccccc4c23)n1. The maximum atomic E-state index is 8.45. The fourth-order valence-electron chi connectivity index (χ4n) is 14.7. The van der Waals surface area contributed by atoms with Crippen LogP contribution < -0.4 is 18.3 Å². The van der Waals surface area contributed by atoms with Gasteiger partial charge in [-0.25, -0.2) is 13.7 Å². The molecule has 0 N–H and O–H groups in total. The molecule has 12 aromatic heterocycles. The molecule has 9 aromatic carbocycles. The van der Waals surface area contributed by atoms with Gasteiger partial charge in [-0.05, 0) is 89.2 Å². The summed E-state index contributed by atoms with van der Waals surface area (Å²) < 4.78 is 88.2. The minimum atomic E-state index is -2.51. The molecule has 16 nitrogen and oxygen atoms in total. The second-order valence-corrected chi connectivity index (χ2v) is 27.0. The highest BCUT2D eigenvalue weighted by Gasteiger charge is 2.31. The maximum absolute atomic E-state index is 8.45. The van der Waals surface area contributed by atoms with Crippen molar-refractivity contribution >= 4 is 132 Å². The number of fused-ring (bicyclic) bond motifs is 20. The third-order valence-corrected chi connectivity index (χ3v) is 20.1. The number of benzene rings is 9. The zero-order valence-electron chi connectivity index (χ0n) is 63.8. The van der Waals surface area contributed by atoms with Crippen molar-refractivity contribution in [3.05, 3.63) is 265 Å². The van der Waals surface area contributed by atoms with E-state index in [2.05, 4.69) is 102 Å². The fourth-order valence-corrected chi connectivity index (χ4v) is 14.7. The van der Waals surface area contributed by atoms with Crippen LogP contribution in [0.2, 0.25) is 0 Å². The molecular formula is C90H72N8O8+4. The van der Waals surface area contributed by atoms with E-state index >= 15 is 0 Å². The van der Waals surface area contributed by atoms with Crippen LogP contribution in [0.25, 0.3) is 189 Å². The minimum absolute atomic E-state index is 0.178. The number of furan rings is 8. The fraction of sp³-hybridized carbons (Fsp3) is 0.133. The van der Waals surface area contributed by atoms with Gasteiger partial charge < -0.3 is 35.3 Å². The first-order valence-corrected chi connectivity index (χ1v) is 34.9. The molecule has 21 aromatic rings. The second kappa shape index (κ2) is 25.6. The summed E-state index contributed by atoms with van der Waals surface area (Å²) in [6.07, 6.45) is 11.4. The smallest absolute Gasteiger partial charge is 0.334 e. The maximum Gasteiger partial charge on any atom is 0.334 e. The molecule has 1 unspecified atom stereocenters. The van der Waals surface area contributed by atoms with E-state index in [1.807, 2.05) is 202 Å². The molecule has 21 rings (SSSR count). The lowest BCUT2D eigenvalue weighted by Gasteiger charge is -2.06. The molecule has 0 saturated heterocycles. The summed E-state index contributed by atoms with van der Waals surface area (Å²) >= 11 is 0. The van der Waals surface area contributed by atoms with Crippen molar-refractivity contribution in [2.24, 2.45) is 28.2 Å². The average Bonchev–Trinajstić information content (AvgIpc) is 1.58. The quantitative estimate of drug-likeness (QED) is 0.144. The van der Waals surface area contributed by atoms with Crippen LogP contribution in [0.5, 0.6) is 0 Å². The molecule has 106 heavy (non-hydrogen) atoms. The van der Waals surface area contributed by atoms with Gasteiger partial charge in [-0.2, -0.15) is 4.57 Å². The van der Waals surface area contributed by atoms with Gasteiger partial charge in [0.2, 0.25) is 5.69 Å². The molecule has 12 heterocycles. The van der Waals surface area contributed by atoms with Crippen LogP contribution in [0.15, 0.2) is 267 Å². The summed E-state index contributed by atoms with van der Waals surface area (Å²) in [6.45, 7) is 9.07. The predicted octanol–water partition coefficient (Wildman–Crippen LogP) is 21.2. The normalized spacial score (nSPS) is 13.0. The third kappa shape index (κ3) is 10.7. The van der Waals surface area contributed by atoms with Crippen LogP contribution in [0.1, 0.15) is 58.8 Å². The van der Waals surface area contributed by atoms with Gasteiger partial charge in [0, 0.05) is 85.2 Å². The third-order valence-electron chi connectivity index (χ3n) is 20.1. The molecule has 0 aliphatic rings. The number of aryl methyl sites for hydroxylation is 9. The molecule has 0 saturated carbocycles. The molecule has 0 bridgehead atoms. The van der Waals surface area contributed by atoms with Gasteiger partial charge in [0.1, 0.15) is 46.1 Å². The molecule has 0 spiro atoms. The van der Waals surface area contributed by atoms with Crippen molar-refractivity contribution in [3.8, 4) is 56.7 Å². The van der Waals surface area contributed by atoms with Gasteiger partial charge >= 0.3 is 17.5 Å². The van der Waals surface area contributed by atoms with Crippen LogP contribution in [0.3, 0.4) is 0 Å². The summed E-state index contributed by atoms with van der Waals surface area (Å²) in [5, 5.41) is 12.2. The Balaban J connectivity index is 0.000000103. The molecule has 0 aliphatic carbocycles. The Kier molecular flexibility index (Phi) is 14.5. The first kappa shape index (κ1) is 60.3. The van der Waals surface area contributed by atoms with E-state index in [1.54, 1.807) is 18.5 Å². The number of nitrogens with zero attached hydrogens (tertiary/aromatic N) is 8. The number of para-hydroxylation sites is 4. The van der Waals surface area contributed by atoms with E-state index in [9.17, 15) is 0 Å². The predicted molar refractivity (Wildman–Crippen MR) is 415 cm³/mol. The average molecular weight is 1400 g/mol. The summed E-state index contributed by atoms with van der Waals surface area (Å²) in [6, 6.07) is 64.4. The zero-order chi connectivity index (χ0) is 75.8. The summed E-state index contributed by atoms with van der Waals surface area (Å²) in [4.78, 5) is 18.7. The van der Waals surface area contributed by atoms with Gasteiger partial charge in [0.15, 0.2) is 45.6 Å². The van der Waals surface area contributed by atoms with Crippen molar-refractivity contribution in [2.75, 3.05) is 0 Å². The van der Waals surface area contributed by atoms with Crippen molar-refractivity contribution in [1.82, 2.24) is 19.9 Å². The molecule has 0 fully saturated rings. The van der Waals surface area contributed by atoms with Crippen LogP contribution in [-0.2, 0) is 28.2 Å². The van der Waals surface area contributed by atoms with Crippen LogP contribution in [-0.4, -0.2) is 19.9 Å². The van der Waals surface area contributed by atoms with Crippen LogP contribution in [0.4, 0.5) is 0 Å². The van der Waals surface area contributed by atoms with Crippen molar-refractivity contribution in [2.45, 2.75) is 54.3 Å². The van der Waals surface area contributed by atoms with Crippen molar-refractivity contribution in [3.63, 3.8) is 0 Å². The van der Waals surface area contributed by atoms with E-state index < -0.39 is 12.7 Å². The number of rotatable bonds is 6. The Hall–Kier alpha value is -13.3. The Morgan fingerprint density at radius 1 is 0.349 bits per heavy atom. The Bertz CT molecular complexity index is 7270. The first-order chi connectivity index (χ1) is 53.2. The highest BCUT2D eigenvalue weighted by molar-refractivity contribution is 6.23. The highest BCUT2D eigenvalue weighted by Crippen LogP contribution is 2.46. The Morgan fingerprint density at radius 2 is 0.717 bits per heavy atom. The van der Waals surface area contributed by atoms with Gasteiger partial charge in [0.05, 0.1) is 79.2 Å². The molecule has 516 valence electrons. The van der Waals surface area contributed by atoms with Gasteiger partial charge in [-0.3, -0.25) is 4.98 Å². The monoisotopic (exact) mass is 1400 g/mol. The lowest BCUT2D eigenvalue weighted by Crippen LogP contribution is -2.32. The highest BCUT2D eigenvalue weighted by atomic mass is 16.5. The first-order valence-electron chi connectivity index (χ1n) is 36.9. The van der Waals surface area contributed by atoms with E-state index in [4.69, 9.17) is 50.8 Å². The van der Waals surface area contributed by atoms with Crippen LogP contribution in [0, 0.1) is 34.6 Å². The Morgan fingerprint density at radius 3 is 1.14 bits per heavy atom. The standard InChI is InChI=1S/C26H19N2O2.C23H21N2O2.C21H17N2O2.C20H15N2O2/c1-16-12-13-19-23-18-10-6-7-11-21(18)29-26(23)30-24(19)22(16)25-27-20(14-15-28(25)2)17-8-4-3-5-9-17;1-13(2)17-11-12-25(4)22(24-17)19-14(3)9-10-16-20-15-7-5-6-8-18(15)26-23(20)27-21(16)19;1-12-8-9-15-18-14-6-4-5-7-16(14)24-21(18)25-19(15)17(12)20-22-13(2)10-11-23(20)3;1-12-7-8-14-18-13-5-3-4-6-16(13)23-20(18)24-19(14)17(12)15-11-21-9-10-22(15)2/h3-15H,1-2H3;5-13H,1-4H3;4-11H,1-3H3;3-11H,1-2H3/q4*+1/i;1D3,13D;;. The van der Waals surface area contributed by atoms with E-state index in [1.165, 1.54) is 6.92 Å². The summed E-state index contributed by atoms with van der Waals surface area (Å²) in [5.41, 5.74) is 18.7. The van der Waals surface area contributed by atoms with E-state index in [0.29, 0.717) is 34.5 Å². The number of hydrogen-bond acceptors (Lipinski definition) is 12. The molecule has 0 radical (unpaired) electrons. The van der Waals surface area contributed by atoms with Gasteiger partial charge in [0.25, 0.3) is 23.1 Å². The lowest BCUT2D eigenvalue weighted by atomic mass is 10.0. The Labute approximate surface area is 612 Å². The second-order valence-electron chi connectivity index (χ2n) is 27.0. The topological polar surface area (TPSA) is 172 Å². The largest absolute Gasteiger partial charge is 0.425 e. The van der Waals surface area contributed by atoms with E-state index in [-0.39, 0.29) is 5.69 Å². The van der Waals surface area contributed by atoms with Gasteiger partial charge in [-0.15, -0.1) is 0 Å². The molecule has 16 heteroatoms. The summed E-state index contributed by atoms with van der Waals surface area (Å²) in [5.74, 6) is 2.58. The molecular weight excluding hydrogens is 1320 g/mol. The number of hydrogen-bond donors (Lipinski definition) is 0. The minimum Gasteiger partial charge on any atom is -0.425 e. The van der Waals surface area contributed by atoms with Crippen molar-refractivity contribution < 1.29 is 59.1 Å². The number of aromatic nitrogens is 8. The lowest BCUT2D eigenvalue weighted by molar-refractivity contribution is -0.663. The zero-order valence-corrected chi connectivity index (χ0v) is 59.8. The van der Waals surface area contributed by atoms with Crippen LogP contribution >= 0.6 is 0 Å². The molecule has 0 aliphatic heterocycles. The molecule has 1 atom stereocenters. The summed E-state index contributed by atoms with van der Waals surface area (Å²) in [7, 11) is 7.86.